The van der Waals surface area contributed by atoms with Crippen molar-refractivity contribution in [3.05, 3.63) is 84.7 Å². The fourth-order valence-electron chi connectivity index (χ4n) is 4.01. The van der Waals surface area contributed by atoms with Gasteiger partial charge in [0.25, 0.3) is 5.95 Å². The molecule has 0 aliphatic carbocycles. The lowest BCUT2D eigenvalue weighted by Crippen LogP contribution is -2.35. The van der Waals surface area contributed by atoms with Crippen LogP contribution in [-0.4, -0.2) is 62.9 Å². The van der Waals surface area contributed by atoms with Crippen LogP contribution in [0.5, 0.6) is 17.5 Å². The van der Waals surface area contributed by atoms with E-state index in [9.17, 15) is 9.90 Å². The molecule has 45 heavy (non-hydrogen) atoms. The molecule has 0 aliphatic heterocycles. The molecule has 0 saturated heterocycles. The van der Waals surface area contributed by atoms with Crippen LogP contribution in [0.1, 0.15) is 49.9 Å². The molecule has 2 aromatic heterocycles. The number of aliphatic hydroxyl groups excluding tert-OH is 1. The number of carbonyl (C=O) groups excluding carboxylic acids is 1. The van der Waals surface area contributed by atoms with Gasteiger partial charge in [-0.2, -0.15) is 4.98 Å². The van der Waals surface area contributed by atoms with Crippen LogP contribution in [0.15, 0.2) is 54.9 Å². The van der Waals surface area contributed by atoms with Gasteiger partial charge in [-0.25, -0.2) is 19.2 Å². The quantitative estimate of drug-likeness (QED) is 0.159. The Morgan fingerprint density at radius 3 is 2.51 bits per heavy atom. The fraction of sp³-hybridized carbons (Fsp3) is 0.333. The summed E-state index contributed by atoms with van der Waals surface area (Å²) in [5.74, 6) is -0.362. The fourth-order valence-corrected chi connectivity index (χ4v) is 4.01. The molecule has 0 fully saturated rings. The number of carbonyl (C=O) groups is 1. The van der Waals surface area contributed by atoms with Gasteiger partial charge in [0.1, 0.15) is 31.7 Å². The summed E-state index contributed by atoms with van der Waals surface area (Å²) in [7, 11) is 4.88. The van der Waals surface area contributed by atoms with Crippen molar-refractivity contribution in [3.63, 3.8) is 0 Å². The largest absolute Gasteiger partial charge is 0.497 e. The summed E-state index contributed by atoms with van der Waals surface area (Å²) in [6.07, 6.45) is 1.55. The minimum atomic E-state index is -1.04. The maximum absolute atomic E-state index is 16.0. The molecule has 1 unspecified atom stereocenters. The van der Waals surface area contributed by atoms with Crippen LogP contribution >= 0.6 is 0 Å². The van der Waals surface area contributed by atoms with E-state index < -0.39 is 24.1 Å². The molecule has 15 heteroatoms. The molecular formula is C30H36FN8O6. The van der Waals surface area contributed by atoms with E-state index in [4.69, 9.17) is 24.7 Å². The predicted octanol–water partition coefficient (Wildman–Crippen LogP) is 3.68. The van der Waals surface area contributed by atoms with Crippen LogP contribution in [0.3, 0.4) is 0 Å². The van der Waals surface area contributed by atoms with Gasteiger partial charge in [-0.1, -0.05) is 32.9 Å². The van der Waals surface area contributed by atoms with Gasteiger partial charge < -0.3 is 40.4 Å². The van der Waals surface area contributed by atoms with E-state index in [1.807, 2.05) is 20.8 Å². The first-order valence-corrected chi connectivity index (χ1v) is 13.9. The van der Waals surface area contributed by atoms with Gasteiger partial charge in [0.2, 0.25) is 0 Å². The van der Waals surface area contributed by atoms with Crippen molar-refractivity contribution < 1.29 is 33.2 Å². The maximum Gasteiger partial charge on any atom is 0.408 e. The summed E-state index contributed by atoms with van der Waals surface area (Å²) in [4.78, 5) is 25.0. The minimum absolute atomic E-state index is 0.0474. The second kappa shape index (κ2) is 14.6. The average Bonchev–Trinajstić information content (AvgIpc) is 3.47. The Labute approximate surface area is 259 Å². The number of hydrogen-bond acceptors (Lipinski definition) is 12. The molecule has 2 atom stereocenters. The van der Waals surface area contributed by atoms with Gasteiger partial charge in [-0.05, 0) is 35.2 Å². The van der Waals surface area contributed by atoms with Gasteiger partial charge in [0.15, 0.2) is 17.4 Å². The highest BCUT2D eigenvalue weighted by Gasteiger charge is 2.28. The average molecular weight is 624 g/mol. The number of benzene rings is 2. The standard InChI is InChI=1S/C30H36FN8O6/c1-30(2,3)17-45-29(41)36-25(32)18-7-9-19(10-8-18)35-24(21-15-20(42-4)16-22(23(21)31)44-14-13-40)26-37-28(43-5)39(38-26)27-33-11-6-12-34-27/h6-12,15-16,24-25,35,40H,5,13-14,17,32H2,1-4H3,(H,36,41)/t24?,25-/m1/s1. The highest BCUT2D eigenvalue weighted by Crippen LogP contribution is 2.36. The Kier molecular flexibility index (Phi) is 10.7. The Balaban J connectivity index is 1.69. The van der Waals surface area contributed by atoms with E-state index in [1.165, 1.54) is 36.3 Å². The molecule has 2 heterocycles. The molecule has 0 aliphatic rings. The minimum Gasteiger partial charge on any atom is -0.497 e. The Hall–Kier alpha value is -5.02. The predicted molar refractivity (Wildman–Crippen MR) is 161 cm³/mol. The number of methoxy groups -OCH3 is 1. The molecule has 0 bridgehead atoms. The zero-order valence-electron chi connectivity index (χ0n) is 25.4. The molecule has 1 amide bonds. The lowest BCUT2D eigenvalue weighted by molar-refractivity contribution is 0.103. The number of halogens is 1. The number of ether oxygens (including phenoxy) is 4. The van der Waals surface area contributed by atoms with E-state index in [1.54, 1.807) is 30.3 Å². The Bertz CT molecular complexity index is 1560. The zero-order chi connectivity index (χ0) is 32.6. The van der Waals surface area contributed by atoms with Crippen molar-refractivity contribution in [2.45, 2.75) is 33.0 Å². The number of amides is 1. The summed E-state index contributed by atoms with van der Waals surface area (Å²) < 4.78 is 38.5. The monoisotopic (exact) mass is 623 g/mol. The Morgan fingerprint density at radius 2 is 1.89 bits per heavy atom. The summed E-state index contributed by atoms with van der Waals surface area (Å²) in [5.41, 5.74) is 7.17. The number of aliphatic hydroxyl groups is 1. The molecule has 14 nitrogen and oxygen atoms in total. The van der Waals surface area contributed by atoms with Crippen LogP contribution in [-0.2, 0) is 4.74 Å². The van der Waals surface area contributed by atoms with E-state index >= 15 is 4.39 Å². The van der Waals surface area contributed by atoms with Crippen LogP contribution in [0, 0.1) is 18.3 Å². The van der Waals surface area contributed by atoms with Crippen molar-refractivity contribution >= 4 is 11.8 Å². The smallest absolute Gasteiger partial charge is 0.408 e. The van der Waals surface area contributed by atoms with Gasteiger partial charge in [-0.15, -0.1) is 9.78 Å². The van der Waals surface area contributed by atoms with Crippen molar-refractivity contribution in [2.24, 2.45) is 11.1 Å². The number of anilines is 1. The highest BCUT2D eigenvalue weighted by atomic mass is 19.1. The number of rotatable bonds is 13. The highest BCUT2D eigenvalue weighted by molar-refractivity contribution is 5.68. The first-order chi connectivity index (χ1) is 21.5. The summed E-state index contributed by atoms with van der Waals surface area (Å²) in [6, 6.07) is 10.2. The molecular weight excluding hydrogens is 587 g/mol. The van der Waals surface area contributed by atoms with Crippen LogP contribution < -0.4 is 30.6 Å². The Morgan fingerprint density at radius 1 is 1.18 bits per heavy atom. The lowest BCUT2D eigenvalue weighted by Gasteiger charge is -2.21. The second-order valence-electron chi connectivity index (χ2n) is 10.9. The van der Waals surface area contributed by atoms with Crippen molar-refractivity contribution in [1.29, 1.82) is 0 Å². The van der Waals surface area contributed by atoms with Crippen LogP contribution in [0.2, 0.25) is 0 Å². The van der Waals surface area contributed by atoms with Crippen molar-refractivity contribution in [3.8, 4) is 23.5 Å². The second-order valence-corrected chi connectivity index (χ2v) is 10.9. The number of aromatic nitrogens is 5. The van der Waals surface area contributed by atoms with E-state index in [2.05, 4.69) is 37.8 Å². The summed E-state index contributed by atoms with van der Waals surface area (Å²) in [6.45, 7) is 5.60. The zero-order valence-corrected chi connectivity index (χ0v) is 25.4. The third-order valence-electron chi connectivity index (χ3n) is 6.15. The summed E-state index contributed by atoms with van der Waals surface area (Å²) >= 11 is 0. The summed E-state index contributed by atoms with van der Waals surface area (Å²) in [5, 5.41) is 19.6. The lowest BCUT2D eigenvalue weighted by atomic mass is 9.99. The molecule has 1 radical (unpaired) electrons. The normalized spacial score (nSPS) is 12.6. The molecule has 0 spiro atoms. The number of nitrogens with one attached hydrogen (secondary N) is 2. The third-order valence-corrected chi connectivity index (χ3v) is 6.15. The third kappa shape index (κ3) is 8.55. The SMILES string of the molecule is [CH2]Oc1nc(C(Nc2ccc([C@H](N)NC(=O)OCC(C)(C)C)cc2)c2cc(OC)cc(OCCO)c2F)nn1-c1ncccn1. The molecule has 2 aromatic carbocycles. The first kappa shape index (κ1) is 32.9. The maximum atomic E-state index is 16.0. The number of alkyl carbamates (subject to hydrolysis) is 1. The van der Waals surface area contributed by atoms with Gasteiger partial charge in [0.05, 0.1) is 20.3 Å². The van der Waals surface area contributed by atoms with Gasteiger partial charge in [0, 0.05) is 29.7 Å². The van der Waals surface area contributed by atoms with Crippen molar-refractivity contribution in [1.82, 2.24) is 30.0 Å². The number of nitrogens with two attached hydrogens (primary N) is 1. The molecule has 4 rings (SSSR count). The van der Waals surface area contributed by atoms with E-state index in [-0.39, 0.29) is 60.1 Å². The molecule has 239 valence electrons. The van der Waals surface area contributed by atoms with E-state index in [0.29, 0.717) is 11.3 Å². The molecule has 5 N–H and O–H groups in total. The number of nitrogens with zero attached hydrogens (tertiary/aromatic N) is 5. The molecule has 0 saturated carbocycles. The van der Waals surface area contributed by atoms with E-state index in [0.717, 1.165) is 0 Å². The molecule has 4 aromatic rings. The topological polar surface area (TPSA) is 181 Å². The van der Waals surface area contributed by atoms with Gasteiger partial charge >= 0.3 is 12.1 Å². The van der Waals surface area contributed by atoms with Crippen molar-refractivity contribution in [2.75, 3.05) is 32.2 Å². The number of hydrogen-bond donors (Lipinski definition) is 4. The van der Waals surface area contributed by atoms with Crippen LogP contribution in [0.4, 0.5) is 14.9 Å². The van der Waals surface area contributed by atoms with Gasteiger partial charge in [-0.3, -0.25) is 0 Å². The van der Waals surface area contributed by atoms with Crippen LogP contribution in [0.25, 0.3) is 5.95 Å². The first-order valence-electron chi connectivity index (χ1n) is 13.9.